The fraction of sp³-hybridized carbons (Fsp3) is 0.407. The molecular formula is C27H33FN2O2. The second-order valence-electron chi connectivity index (χ2n) is 7.95. The van der Waals surface area contributed by atoms with Crippen LogP contribution >= 0.6 is 0 Å². The first-order chi connectivity index (χ1) is 15.7. The molecule has 3 rings (SSSR count). The lowest BCUT2D eigenvalue weighted by molar-refractivity contribution is 0.184. The number of ether oxygens (including phenoxy) is 2. The Morgan fingerprint density at radius 1 is 0.719 bits per heavy atom. The van der Waals surface area contributed by atoms with Crippen molar-refractivity contribution >= 4 is 0 Å². The van der Waals surface area contributed by atoms with E-state index in [1.165, 1.54) is 0 Å². The van der Waals surface area contributed by atoms with Gasteiger partial charge in [0.15, 0.2) is 5.82 Å². The van der Waals surface area contributed by atoms with Crippen molar-refractivity contribution in [2.45, 2.75) is 58.5 Å². The standard InChI is InChI=1S/C27H33FN2O2/c1-3-5-7-8-24(28)20-32-26-15-11-22(12-16-26)27-29-18-23(19-30-27)21-9-13-25(14-10-21)31-17-6-4-2/h9-16,18-19,24H,3-8,17,20H2,1-2H3. The number of hydrogen-bond donors (Lipinski definition) is 0. The molecule has 1 unspecified atom stereocenters. The van der Waals surface area contributed by atoms with Crippen molar-refractivity contribution < 1.29 is 13.9 Å². The maximum Gasteiger partial charge on any atom is 0.159 e. The highest BCUT2D eigenvalue weighted by Gasteiger charge is 2.08. The van der Waals surface area contributed by atoms with E-state index in [2.05, 4.69) is 23.8 Å². The largest absolute Gasteiger partial charge is 0.494 e. The monoisotopic (exact) mass is 436 g/mol. The zero-order valence-electron chi connectivity index (χ0n) is 19.1. The Labute approximate surface area is 190 Å². The summed E-state index contributed by atoms with van der Waals surface area (Å²) in [5.74, 6) is 2.18. The summed E-state index contributed by atoms with van der Waals surface area (Å²) in [6.45, 7) is 5.10. The molecule has 0 saturated carbocycles. The number of aromatic nitrogens is 2. The molecule has 0 N–H and O–H groups in total. The van der Waals surface area contributed by atoms with E-state index in [1.807, 2.05) is 60.9 Å². The SMILES string of the molecule is CCCCCC(F)COc1ccc(-c2ncc(-c3ccc(OCCCC)cc3)cn2)cc1. The normalized spacial score (nSPS) is 11.8. The molecule has 0 aliphatic carbocycles. The molecule has 1 heterocycles. The van der Waals surface area contributed by atoms with Gasteiger partial charge in [0.25, 0.3) is 0 Å². The van der Waals surface area contributed by atoms with E-state index in [-0.39, 0.29) is 6.61 Å². The van der Waals surface area contributed by atoms with Crippen LogP contribution in [0.3, 0.4) is 0 Å². The van der Waals surface area contributed by atoms with Gasteiger partial charge in [0, 0.05) is 23.5 Å². The van der Waals surface area contributed by atoms with Crippen LogP contribution in [0.1, 0.15) is 52.4 Å². The molecular weight excluding hydrogens is 403 g/mol. The number of unbranched alkanes of at least 4 members (excludes halogenated alkanes) is 3. The third kappa shape index (κ3) is 7.33. The highest BCUT2D eigenvalue weighted by Crippen LogP contribution is 2.24. The first-order valence-corrected chi connectivity index (χ1v) is 11.6. The van der Waals surface area contributed by atoms with Crippen LogP contribution in [0.2, 0.25) is 0 Å². The number of halogens is 1. The van der Waals surface area contributed by atoms with E-state index >= 15 is 0 Å². The summed E-state index contributed by atoms with van der Waals surface area (Å²) in [7, 11) is 0. The molecule has 0 saturated heterocycles. The number of hydrogen-bond acceptors (Lipinski definition) is 4. The topological polar surface area (TPSA) is 44.2 Å². The fourth-order valence-corrected chi connectivity index (χ4v) is 3.29. The van der Waals surface area contributed by atoms with Crippen LogP contribution < -0.4 is 9.47 Å². The molecule has 4 nitrogen and oxygen atoms in total. The van der Waals surface area contributed by atoms with Crippen molar-refractivity contribution in [2.24, 2.45) is 0 Å². The van der Waals surface area contributed by atoms with Gasteiger partial charge in [-0.2, -0.15) is 0 Å². The van der Waals surface area contributed by atoms with Gasteiger partial charge in [-0.25, -0.2) is 14.4 Å². The summed E-state index contributed by atoms with van der Waals surface area (Å²) in [4.78, 5) is 9.02. The first-order valence-electron chi connectivity index (χ1n) is 11.6. The van der Waals surface area contributed by atoms with Crippen molar-refractivity contribution in [1.29, 1.82) is 0 Å². The van der Waals surface area contributed by atoms with E-state index in [0.29, 0.717) is 18.0 Å². The Hall–Kier alpha value is -2.95. The highest BCUT2D eigenvalue weighted by molar-refractivity contribution is 5.64. The molecule has 0 radical (unpaired) electrons. The second-order valence-corrected chi connectivity index (χ2v) is 7.95. The lowest BCUT2D eigenvalue weighted by atomic mass is 10.1. The van der Waals surface area contributed by atoms with Gasteiger partial charge in [0.1, 0.15) is 24.3 Å². The van der Waals surface area contributed by atoms with Gasteiger partial charge in [0.2, 0.25) is 0 Å². The third-order valence-corrected chi connectivity index (χ3v) is 5.27. The minimum atomic E-state index is -0.922. The molecule has 0 aliphatic rings. The van der Waals surface area contributed by atoms with Crippen LogP contribution in [-0.2, 0) is 0 Å². The number of benzene rings is 2. The molecule has 0 amide bonds. The Balaban J connectivity index is 1.54. The number of rotatable bonds is 13. The van der Waals surface area contributed by atoms with E-state index in [1.54, 1.807) is 0 Å². The van der Waals surface area contributed by atoms with E-state index in [4.69, 9.17) is 9.47 Å². The first kappa shape index (κ1) is 23.7. The minimum Gasteiger partial charge on any atom is -0.494 e. The Morgan fingerprint density at radius 3 is 1.94 bits per heavy atom. The molecule has 32 heavy (non-hydrogen) atoms. The van der Waals surface area contributed by atoms with Gasteiger partial charge in [-0.1, -0.05) is 51.7 Å². The number of nitrogens with zero attached hydrogens (tertiary/aromatic N) is 2. The zero-order valence-corrected chi connectivity index (χ0v) is 19.1. The Kier molecular flexibility index (Phi) is 9.48. The summed E-state index contributed by atoms with van der Waals surface area (Å²) < 4.78 is 25.2. The molecule has 0 spiro atoms. The lowest BCUT2D eigenvalue weighted by Gasteiger charge is -2.11. The van der Waals surface area contributed by atoms with Gasteiger partial charge in [-0.15, -0.1) is 0 Å². The van der Waals surface area contributed by atoms with Crippen molar-refractivity contribution in [3.63, 3.8) is 0 Å². The summed E-state index contributed by atoms with van der Waals surface area (Å²) >= 11 is 0. The van der Waals surface area contributed by atoms with Gasteiger partial charge in [0.05, 0.1) is 6.61 Å². The second kappa shape index (κ2) is 12.8. The van der Waals surface area contributed by atoms with Crippen molar-refractivity contribution in [3.05, 3.63) is 60.9 Å². The van der Waals surface area contributed by atoms with Crippen LogP contribution in [0.15, 0.2) is 60.9 Å². The molecule has 1 aromatic heterocycles. The smallest absolute Gasteiger partial charge is 0.159 e. The predicted octanol–water partition coefficient (Wildman–Crippen LogP) is 7.29. The zero-order chi connectivity index (χ0) is 22.6. The van der Waals surface area contributed by atoms with Gasteiger partial charge < -0.3 is 9.47 Å². The highest BCUT2D eigenvalue weighted by atomic mass is 19.1. The van der Waals surface area contributed by atoms with Crippen LogP contribution in [0.5, 0.6) is 11.5 Å². The maximum atomic E-state index is 13.9. The van der Waals surface area contributed by atoms with Crippen molar-refractivity contribution in [3.8, 4) is 34.0 Å². The summed E-state index contributed by atoms with van der Waals surface area (Å²) in [5, 5.41) is 0. The fourth-order valence-electron chi connectivity index (χ4n) is 3.29. The molecule has 5 heteroatoms. The minimum absolute atomic E-state index is 0.0939. The summed E-state index contributed by atoms with van der Waals surface area (Å²) in [6.07, 6.45) is 8.52. The van der Waals surface area contributed by atoms with Crippen LogP contribution in [0, 0.1) is 0 Å². The van der Waals surface area contributed by atoms with Gasteiger partial charge in [-0.3, -0.25) is 0 Å². The molecule has 1 atom stereocenters. The molecule has 0 aliphatic heterocycles. The summed E-state index contributed by atoms with van der Waals surface area (Å²) in [5.41, 5.74) is 2.89. The van der Waals surface area contributed by atoms with Crippen LogP contribution in [-0.4, -0.2) is 29.4 Å². The maximum absolute atomic E-state index is 13.9. The third-order valence-electron chi connectivity index (χ3n) is 5.27. The van der Waals surface area contributed by atoms with Gasteiger partial charge in [-0.05, 0) is 54.8 Å². The molecule has 3 aromatic rings. The van der Waals surface area contributed by atoms with Crippen molar-refractivity contribution in [1.82, 2.24) is 9.97 Å². The van der Waals surface area contributed by atoms with Gasteiger partial charge >= 0.3 is 0 Å². The van der Waals surface area contributed by atoms with Crippen LogP contribution in [0.25, 0.3) is 22.5 Å². The average molecular weight is 437 g/mol. The molecule has 2 aromatic carbocycles. The average Bonchev–Trinajstić information content (AvgIpc) is 2.84. The van der Waals surface area contributed by atoms with E-state index in [9.17, 15) is 4.39 Å². The van der Waals surface area contributed by atoms with Crippen molar-refractivity contribution in [2.75, 3.05) is 13.2 Å². The number of alkyl halides is 1. The Morgan fingerprint density at radius 2 is 1.31 bits per heavy atom. The van der Waals surface area contributed by atoms with Crippen LogP contribution in [0.4, 0.5) is 4.39 Å². The lowest BCUT2D eigenvalue weighted by Crippen LogP contribution is -2.12. The summed E-state index contributed by atoms with van der Waals surface area (Å²) in [6, 6.07) is 15.5. The Bertz CT molecular complexity index is 912. The van der Waals surface area contributed by atoms with E-state index in [0.717, 1.165) is 61.2 Å². The quantitative estimate of drug-likeness (QED) is 0.264. The predicted molar refractivity (Wildman–Crippen MR) is 128 cm³/mol. The van der Waals surface area contributed by atoms with E-state index < -0.39 is 6.17 Å². The molecule has 0 fully saturated rings. The molecule has 170 valence electrons. The molecule has 0 bridgehead atoms.